The number of carbonyl (C=O) groups is 2. The van der Waals surface area contributed by atoms with Crippen LogP contribution in [0.25, 0.3) is 0 Å². The number of hydrogen-bond acceptors (Lipinski definition) is 5. The molecule has 2 amide bonds. The summed E-state index contributed by atoms with van der Waals surface area (Å²) in [5.41, 5.74) is 1.48. The Labute approximate surface area is 203 Å². The first-order chi connectivity index (χ1) is 17.0. The SMILES string of the molecule is COc1ccc([C@@H](C(=O)NC2CCCC2)N(Cc2ccc(F)cc2)C(=O)c2ccn[nH]2)cc1OC. The summed E-state index contributed by atoms with van der Waals surface area (Å²) in [6.07, 6.45) is 5.39. The quantitative estimate of drug-likeness (QED) is 0.483. The Bertz CT molecular complexity index is 1140. The highest BCUT2D eigenvalue weighted by Crippen LogP contribution is 2.34. The number of methoxy groups -OCH3 is 2. The third-order valence-electron chi connectivity index (χ3n) is 6.24. The molecule has 0 radical (unpaired) electrons. The number of aromatic nitrogens is 2. The van der Waals surface area contributed by atoms with Gasteiger partial charge in [-0.05, 0) is 54.3 Å². The van der Waals surface area contributed by atoms with Crippen molar-refractivity contribution in [1.82, 2.24) is 20.4 Å². The maximum absolute atomic E-state index is 13.8. The predicted octanol–water partition coefficient (Wildman–Crippen LogP) is 4.01. The third kappa shape index (κ3) is 5.62. The molecular formula is C26H29FN4O4. The van der Waals surface area contributed by atoms with Crippen LogP contribution in [0.4, 0.5) is 4.39 Å². The first-order valence-electron chi connectivity index (χ1n) is 11.6. The minimum Gasteiger partial charge on any atom is -0.493 e. The smallest absolute Gasteiger partial charge is 0.273 e. The Kier molecular flexibility index (Phi) is 7.64. The van der Waals surface area contributed by atoms with Crippen molar-refractivity contribution in [3.05, 3.63) is 77.4 Å². The van der Waals surface area contributed by atoms with E-state index in [2.05, 4.69) is 15.5 Å². The van der Waals surface area contributed by atoms with Crippen LogP contribution in [0.5, 0.6) is 11.5 Å². The minimum absolute atomic E-state index is 0.0556. The molecule has 0 unspecified atom stereocenters. The summed E-state index contributed by atoms with van der Waals surface area (Å²) in [4.78, 5) is 28.9. The molecule has 1 heterocycles. The second-order valence-electron chi connectivity index (χ2n) is 8.54. The summed E-state index contributed by atoms with van der Waals surface area (Å²) in [5.74, 6) is -0.126. The lowest BCUT2D eigenvalue weighted by Crippen LogP contribution is -2.46. The molecular weight excluding hydrogens is 451 g/mol. The lowest BCUT2D eigenvalue weighted by atomic mass is 10.0. The predicted molar refractivity (Wildman–Crippen MR) is 128 cm³/mol. The topological polar surface area (TPSA) is 96.5 Å². The summed E-state index contributed by atoms with van der Waals surface area (Å²) >= 11 is 0. The van der Waals surface area contributed by atoms with Gasteiger partial charge in [0.15, 0.2) is 11.5 Å². The molecule has 9 heteroatoms. The van der Waals surface area contributed by atoms with E-state index in [0.717, 1.165) is 25.7 Å². The minimum atomic E-state index is -0.976. The lowest BCUT2D eigenvalue weighted by Gasteiger charge is -2.32. The van der Waals surface area contributed by atoms with Crippen LogP contribution in [-0.2, 0) is 11.3 Å². The van der Waals surface area contributed by atoms with E-state index in [1.807, 2.05) is 0 Å². The van der Waals surface area contributed by atoms with Gasteiger partial charge in [0, 0.05) is 18.8 Å². The number of H-pyrrole nitrogens is 1. The van der Waals surface area contributed by atoms with Crippen LogP contribution in [0.1, 0.15) is 53.3 Å². The van der Waals surface area contributed by atoms with E-state index in [9.17, 15) is 14.0 Å². The van der Waals surface area contributed by atoms with Gasteiger partial charge in [-0.1, -0.05) is 31.0 Å². The molecule has 0 spiro atoms. The van der Waals surface area contributed by atoms with Crippen molar-refractivity contribution in [2.75, 3.05) is 14.2 Å². The third-order valence-corrected chi connectivity index (χ3v) is 6.24. The van der Waals surface area contributed by atoms with Gasteiger partial charge in [-0.15, -0.1) is 0 Å². The Hall–Kier alpha value is -3.88. The molecule has 184 valence electrons. The van der Waals surface area contributed by atoms with Crippen LogP contribution in [-0.4, -0.2) is 47.2 Å². The van der Waals surface area contributed by atoms with Crippen LogP contribution < -0.4 is 14.8 Å². The molecule has 0 aliphatic heterocycles. The number of nitrogens with zero attached hydrogens (tertiary/aromatic N) is 2. The normalized spacial score (nSPS) is 14.4. The molecule has 2 N–H and O–H groups in total. The van der Waals surface area contributed by atoms with E-state index >= 15 is 0 Å². The number of aromatic amines is 1. The number of halogens is 1. The standard InChI is InChI=1S/C26H29FN4O4/c1-34-22-12-9-18(15-23(22)35-2)24(25(32)29-20-5-3-4-6-20)31(26(33)21-13-14-28-30-21)16-17-7-10-19(27)11-8-17/h7-15,20,24H,3-6,16H2,1-2H3,(H,28,30)(H,29,32)/t24-/m0/s1. The van der Waals surface area contributed by atoms with Crippen molar-refractivity contribution in [1.29, 1.82) is 0 Å². The summed E-state index contributed by atoms with van der Waals surface area (Å²) in [6, 6.07) is 11.7. The van der Waals surface area contributed by atoms with Crippen molar-refractivity contribution < 1.29 is 23.5 Å². The van der Waals surface area contributed by atoms with Crippen LogP contribution in [0.15, 0.2) is 54.7 Å². The zero-order valence-corrected chi connectivity index (χ0v) is 19.8. The molecule has 3 aromatic rings. The lowest BCUT2D eigenvalue weighted by molar-refractivity contribution is -0.126. The highest BCUT2D eigenvalue weighted by Gasteiger charge is 2.35. The van der Waals surface area contributed by atoms with Gasteiger partial charge in [0.05, 0.1) is 14.2 Å². The van der Waals surface area contributed by atoms with Gasteiger partial charge in [0.25, 0.3) is 5.91 Å². The maximum atomic E-state index is 13.8. The molecule has 1 fully saturated rings. The highest BCUT2D eigenvalue weighted by atomic mass is 19.1. The van der Waals surface area contributed by atoms with Crippen molar-refractivity contribution >= 4 is 11.8 Å². The molecule has 0 saturated heterocycles. The van der Waals surface area contributed by atoms with Gasteiger partial charge in [-0.25, -0.2) is 4.39 Å². The summed E-state index contributed by atoms with van der Waals surface area (Å²) in [7, 11) is 3.05. The average Bonchev–Trinajstić information content (AvgIpc) is 3.59. The van der Waals surface area contributed by atoms with Crippen LogP contribution in [0.3, 0.4) is 0 Å². The number of rotatable bonds is 9. The molecule has 35 heavy (non-hydrogen) atoms. The van der Waals surface area contributed by atoms with E-state index < -0.39 is 11.9 Å². The first-order valence-corrected chi connectivity index (χ1v) is 11.6. The number of carbonyl (C=O) groups excluding carboxylic acids is 2. The Morgan fingerprint density at radius 3 is 2.43 bits per heavy atom. The largest absolute Gasteiger partial charge is 0.493 e. The van der Waals surface area contributed by atoms with Gasteiger partial charge in [-0.2, -0.15) is 5.10 Å². The second kappa shape index (κ2) is 11.0. The van der Waals surface area contributed by atoms with Gasteiger partial charge < -0.3 is 19.7 Å². The monoisotopic (exact) mass is 480 g/mol. The Morgan fingerprint density at radius 1 is 1.09 bits per heavy atom. The van der Waals surface area contributed by atoms with E-state index in [1.165, 1.54) is 37.4 Å². The molecule has 1 atom stereocenters. The fourth-order valence-electron chi connectivity index (χ4n) is 4.44. The molecule has 1 aromatic heterocycles. The highest BCUT2D eigenvalue weighted by molar-refractivity contribution is 5.96. The fraction of sp³-hybridized carbons (Fsp3) is 0.346. The number of benzene rings is 2. The van der Waals surface area contributed by atoms with Crippen LogP contribution in [0, 0.1) is 5.82 Å². The van der Waals surface area contributed by atoms with E-state index in [-0.39, 0.29) is 30.0 Å². The Morgan fingerprint density at radius 2 is 1.80 bits per heavy atom. The van der Waals surface area contributed by atoms with Gasteiger partial charge in [-0.3, -0.25) is 14.7 Å². The molecule has 1 aliphatic carbocycles. The van der Waals surface area contributed by atoms with E-state index in [0.29, 0.717) is 22.6 Å². The Balaban J connectivity index is 1.78. The van der Waals surface area contributed by atoms with E-state index in [4.69, 9.17) is 9.47 Å². The summed E-state index contributed by atoms with van der Waals surface area (Å²) < 4.78 is 24.4. The summed E-state index contributed by atoms with van der Waals surface area (Å²) in [5, 5.41) is 9.72. The number of nitrogens with one attached hydrogen (secondary N) is 2. The van der Waals surface area contributed by atoms with Crippen molar-refractivity contribution in [2.45, 2.75) is 44.3 Å². The van der Waals surface area contributed by atoms with Crippen molar-refractivity contribution in [2.24, 2.45) is 0 Å². The average molecular weight is 481 g/mol. The molecule has 4 rings (SSSR count). The second-order valence-corrected chi connectivity index (χ2v) is 8.54. The van der Waals surface area contributed by atoms with Crippen LogP contribution in [0.2, 0.25) is 0 Å². The molecule has 8 nitrogen and oxygen atoms in total. The molecule has 1 saturated carbocycles. The van der Waals surface area contributed by atoms with Crippen molar-refractivity contribution in [3.8, 4) is 11.5 Å². The van der Waals surface area contributed by atoms with Crippen molar-refractivity contribution in [3.63, 3.8) is 0 Å². The molecule has 2 aromatic carbocycles. The number of hydrogen-bond donors (Lipinski definition) is 2. The number of ether oxygens (including phenoxy) is 2. The van der Waals surface area contributed by atoms with Crippen LogP contribution >= 0.6 is 0 Å². The zero-order valence-electron chi connectivity index (χ0n) is 19.8. The molecule has 0 bridgehead atoms. The first kappa shape index (κ1) is 24.3. The van der Waals surface area contributed by atoms with E-state index in [1.54, 1.807) is 36.4 Å². The fourth-order valence-corrected chi connectivity index (χ4v) is 4.44. The number of amides is 2. The zero-order chi connectivity index (χ0) is 24.8. The maximum Gasteiger partial charge on any atom is 0.273 e. The molecule has 1 aliphatic rings. The summed E-state index contributed by atoms with van der Waals surface area (Å²) in [6.45, 7) is 0.0786. The van der Waals surface area contributed by atoms with Gasteiger partial charge in [0.1, 0.15) is 17.6 Å². The van der Waals surface area contributed by atoms with Gasteiger partial charge in [0.2, 0.25) is 5.91 Å². The van der Waals surface area contributed by atoms with Gasteiger partial charge >= 0.3 is 0 Å².